The predicted molar refractivity (Wildman–Crippen MR) is 69.9 cm³/mol. The van der Waals surface area contributed by atoms with E-state index in [4.69, 9.17) is 0 Å². The Morgan fingerprint density at radius 3 is 2.59 bits per heavy atom. The third kappa shape index (κ3) is 3.78. The van der Waals surface area contributed by atoms with Gasteiger partial charge in [-0.25, -0.2) is 0 Å². The van der Waals surface area contributed by atoms with Gasteiger partial charge in [-0.1, -0.05) is 33.1 Å². The van der Waals surface area contributed by atoms with Gasteiger partial charge in [0.05, 0.1) is 5.60 Å². The van der Waals surface area contributed by atoms with Crippen molar-refractivity contribution in [1.82, 2.24) is 5.32 Å². The molecule has 100 valence electrons. The third-order valence-electron chi connectivity index (χ3n) is 4.03. The van der Waals surface area contributed by atoms with Crippen LogP contribution in [0.3, 0.4) is 0 Å². The summed E-state index contributed by atoms with van der Waals surface area (Å²) in [6, 6.07) is 0. The zero-order chi connectivity index (χ0) is 12.7. The van der Waals surface area contributed by atoms with Crippen LogP contribution in [0.2, 0.25) is 0 Å². The quantitative estimate of drug-likeness (QED) is 0.640. The summed E-state index contributed by atoms with van der Waals surface area (Å²) in [6.45, 7) is 5.72. The van der Waals surface area contributed by atoms with Crippen LogP contribution in [-0.2, 0) is 4.79 Å². The first-order valence-corrected chi connectivity index (χ1v) is 7.06. The Hall–Kier alpha value is -0.410. The molecule has 1 heterocycles. The van der Waals surface area contributed by atoms with Crippen LogP contribution in [0.4, 0.5) is 0 Å². The minimum atomic E-state index is -0.796. The first-order valence-electron chi connectivity index (χ1n) is 7.06. The maximum atomic E-state index is 11.4. The Balaban J connectivity index is 2.69. The number of rotatable bonds is 8. The molecule has 3 nitrogen and oxygen atoms in total. The van der Waals surface area contributed by atoms with E-state index in [0.717, 1.165) is 44.9 Å². The van der Waals surface area contributed by atoms with Gasteiger partial charge in [-0.3, -0.25) is 0 Å². The van der Waals surface area contributed by atoms with Crippen molar-refractivity contribution in [3.05, 3.63) is 0 Å². The van der Waals surface area contributed by atoms with Gasteiger partial charge in [0.25, 0.3) is 0 Å². The molecule has 1 saturated heterocycles. The molecular formula is C14H27NO2. The van der Waals surface area contributed by atoms with E-state index < -0.39 is 5.60 Å². The van der Waals surface area contributed by atoms with E-state index in [1.54, 1.807) is 0 Å². The van der Waals surface area contributed by atoms with Gasteiger partial charge in [-0.15, -0.1) is 0 Å². The lowest BCUT2D eigenvalue weighted by atomic mass is 9.74. The molecule has 2 N–H and O–H groups in total. The van der Waals surface area contributed by atoms with E-state index in [1.807, 2.05) is 0 Å². The van der Waals surface area contributed by atoms with E-state index in [1.165, 1.54) is 0 Å². The SMILES string of the molecule is CCCCC(CCC)C(C=O)C1(O)CCNC1. The van der Waals surface area contributed by atoms with Crippen molar-refractivity contribution in [1.29, 1.82) is 0 Å². The molecule has 0 aromatic carbocycles. The lowest BCUT2D eigenvalue weighted by molar-refractivity contribution is -0.123. The van der Waals surface area contributed by atoms with Crippen LogP contribution in [-0.4, -0.2) is 30.1 Å². The number of nitrogens with one attached hydrogen (secondary N) is 1. The molecule has 1 aliphatic rings. The number of carbonyl (C=O) groups excluding carboxylic acids is 1. The minimum absolute atomic E-state index is 0.191. The van der Waals surface area contributed by atoms with Crippen LogP contribution in [0.5, 0.6) is 0 Å². The monoisotopic (exact) mass is 241 g/mol. The molecule has 0 amide bonds. The Bertz CT molecular complexity index is 224. The largest absolute Gasteiger partial charge is 0.388 e. The number of hydrogen-bond donors (Lipinski definition) is 2. The molecule has 3 unspecified atom stereocenters. The molecule has 0 spiro atoms. The second kappa shape index (κ2) is 7.12. The molecule has 0 saturated carbocycles. The van der Waals surface area contributed by atoms with Gasteiger partial charge in [-0.2, -0.15) is 0 Å². The average Bonchev–Trinajstić information content (AvgIpc) is 2.74. The molecule has 17 heavy (non-hydrogen) atoms. The van der Waals surface area contributed by atoms with Crippen LogP contribution in [0, 0.1) is 11.8 Å². The van der Waals surface area contributed by atoms with Crippen molar-refractivity contribution in [3.63, 3.8) is 0 Å². The molecule has 1 rings (SSSR count). The number of aldehydes is 1. The maximum Gasteiger partial charge on any atom is 0.126 e. The summed E-state index contributed by atoms with van der Waals surface area (Å²) in [5, 5.41) is 13.7. The van der Waals surface area contributed by atoms with Crippen LogP contribution >= 0.6 is 0 Å². The van der Waals surface area contributed by atoms with Gasteiger partial charge in [0.2, 0.25) is 0 Å². The van der Waals surface area contributed by atoms with Gasteiger partial charge >= 0.3 is 0 Å². The first kappa shape index (κ1) is 14.7. The van der Waals surface area contributed by atoms with E-state index in [2.05, 4.69) is 19.2 Å². The zero-order valence-corrected chi connectivity index (χ0v) is 11.2. The molecule has 3 atom stereocenters. The summed E-state index contributed by atoms with van der Waals surface area (Å²) in [7, 11) is 0. The molecule has 0 aliphatic carbocycles. The first-order chi connectivity index (χ1) is 8.18. The zero-order valence-electron chi connectivity index (χ0n) is 11.2. The van der Waals surface area contributed by atoms with Crippen molar-refractivity contribution < 1.29 is 9.90 Å². The smallest absolute Gasteiger partial charge is 0.126 e. The number of carbonyl (C=O) groups is 1. The van der Waals surface area contributed by atoms with Crippen LogP contribution < -0.4 is 5.32 Å². The lowest BCUT2D eigenvalue weighted by Gasteiger charge is -2.34. The highest BCUT2D eigenvalue weighted by atomic mass is 16.3. The summed E-state index contributed by atoms with van der Waals surface area (Å²) in [6.07, 6.45) is 7.22. The molecule has 0 aromatic rings. The van der Waals surface area contributed by atoms with Crippen LogP contribution in [0.1, 0.15) is 52.4 Å². The van der Waals surface area contributed by atoms with Crippen molar-refractivity contribution in [2.75, 3.05) is 13.1 Å². The van der Waals surface area contributed by atoms with Crippen LogP contribution in [0.25, 0.3) is 0 Å². The molecular weight excluding hydrogens is 214 g/mol. The summed E-state index contributed by atoms with van der Waals surface area (Å²) in [5.41, 5.74) is -0.796. The van der Waals surface area contributed by atoms with Gasteiger partial charge in [-0.05, 0) is 31.7 Å². The topological polar surface area (TPSA) is 49.3 Å². The van der Waals surface area contributed by atoms with Gasteiger partial charge < -0.3 is 15.2 Å². The fourth-order valence-corrected chi connectivity index (χ4v) is 3.00. The average molecular weight is 241 g/mol. The highest BCUT2D eigenvalue weighted by molar-refractivity contribution is 5.56. The van der Waals surface area contributed by atoms with Crippen molar-refractivity contribution >= 4 is 6.29 Å². The molecule has 0 radical (unpaired) electrons. The fourth-order valence-electron chi connectivity index (χ4n) is 3.00. The lowest BCUT2D eigenvalue weighted by Crippen LogP contribution is -2.44. The summed E-state index contributed by atoms with van der Waals surface area (Å²) >= 11 is 0. The second-order valence-corrected chi connectivity index (χ2v) is 5.38. The highest BCUT2D eigenvalue weighted by Crippen LogP contribution is 2.34. The third-order valence-corrected chi connectivity index (χ3v) is 4.03. The summed E-state index contributed by atoms with van der Waals surface area (Å²) in [5.74, 6) is 0.159. The van der Waals surface area contributed by atoms with E-state index in [-0.39, 0.29) is 5.92 Å². The Kier molecular flexibility index (Phi) is 6.14. The van der Waals surface area contributed by atoms with E-state index in [9.17, 15) is 9.90 Å². The molecule has 0 aromatic heterocycles. The van der Waals surface area contributed by atoms with Gasteiger partial charge in [0.15, 0.2) is 0 Å². The van der Waals surface area contributed by atoms with E-state index >= 15 is 0 Å². The molecule has 1 aliphatic heterocycles. The maximum absolute atomic E-state index is 11.4. The highest BCUT2D eigenvalue weighted by Gasteiger charge is 2.42. The van der Waals surface area contributed by atoms with Crippen molar-refractivity contribution in [2.24, 2.45) is 11.8 Å². The Morgan fingerprint density at radius 1 is 1.35 bits per heavy atom. The number of β-amino-alcohol motifs (C(OH)–C–C–N with tert-alkyl or cyclic N) is 1. The second-order valence-electron chi connectivity index (χ2n) is 5.38. The summed E-state index contributed by atoms with van der Waals surface area (Å²) in [4.78, 5) is 11.4. The normalized spacial score (nSPS) is 27.9. The van der Waals surface area contributed by atoms with Crippen molar-refractivity contribution in [3.8, 4) is 0 Å². The Morgan fingerprint density at radius 2 is 2.12 bits per heavy atom. The summed E-state index contributed by atoms with van der Waals surface area (Å²) < 4.78 is 0. The number of aliphatic hydroxyl groups is 1. The van der Waals surface area contributed by atoms with Gasteiger partial charge in [0.1, 0.15) is 6.29 Å². The predicted octanol–water partition coefficient (Wildman–Crippen LogP) is 2.13. The minimum Gasteiger partial charge on any atom is -0.388 e. The Labute approximate surface area is 105 Å². The molecule has 1 fully saturated rings. The standard InChI is InChI=1S/C14H27NO2/c1-3-5-7-12(6-4-2)13(10-16)14(17)8-9-15-11-14/h10,12-13,15,17H,3-9,11H2,1-2H3. The van der Waals surface area contributed by atoms with Crippen molar-refractivity contribution in [2.45, 2.75) is 58.0 Å². The van der Waals surface area contributed by atoms with E-state index in [0.29, 0.717) is 18.9 Å². The fraction of sp³-hybridized carbons (Fsp3) is 0.929. The molecule has 3 heteroatoms. The number of hydrogen-bond acceptors (Lipinski definition) is 3. The number of unbranched alkanes of at least 4 members (excludes halogenated alkanes) is 1. The van der Waals surface area contributed by atoms with Crippen LogP contribution in [0.15, 0.2) is 0 Å². The van der Waals surface area contributed by atoms with Gasteiger partial charge in [0, 0.05) is 12.5 Å². The molecule has 0 bridgehead atoms.